The molecular weight excluding hydrogens is 478 g/mol. The molecule has 0 bridgehead atoms. The third-order valence-electron chi connectivity index (χ3n) is 7.30. The van der Waals surface area contributed by atoms with Crippen LogP contribution in [0.4, 0.5) is 5.82 Å². The van der Waals surface area contributed by atoms with Crippen LogP contribution in [0, 0.1) is 5.92 Å². The maximum absolute atomic E-state index is 13.0. The van der Waals surface area contributed by atoms with E-state index >= 15 is 0 Å². The number of aromatic amines is 1. The summed E-state index contributed by atoms with van der Waals surface area (Å²) in [6, 6.07) is 11.1. The summed E-state index contributed by atoms with van der Waals surface area (Å²) in [4.78, 5) is 29.4. The number of carbonyl (C=O) groups is 1. The van der Waals surface area contributed by atoms with Crippen LogP contribution in [-0.4, -0.2) is 47.0 Å². The maximum Gasteiger partial charge on any atom is 0.276 e. The van der Waals surface area contributed by atoms with Crippen LogP contribution < -0.4 is 5.32 Å². The Hall–Kier alpha value is -2.55. The summed E-state index contributed by atoms with van der Waals surface area (Å²) in [5.41, 5.74) is 2.11. The quantitative estimate of drug-likeness (QED) is 0.301. The van der Waals surface area contributed by atoms with Crippen molar-refractivity contribution in [3.05, 3.63) is 53.4 Å². The number of halogens is 1. The molecule has 1 amide bonds. The molecule has 0 radical (unpaired) electrons. The monoisotopic (exact) mass is 511 g/mol. The van der Waals surface area contributed by atoms with E-state index in [2.05, 4.69) is 66.1 Å². The van der Waals surface area contributed by atoms with Gasteiger partial charge in [-0.05, 0) is 54.4 Å². The second-order valence-corrected chi connectivity index (χ2v) is 15.9. The maximum atomic E-state index is 13.0. The molecular formula is C26H34ClN5O2Si. The Balaban J connectivity index is 1.66. The Morgan fingerprint density at radius 2 is 1.91 bits per heavy atom. The van der Waals surface area contributed by atoms with E-state index < -0.39 is 8.32 Å². The number of aromatic nitrogens is 3. The van der Waals surface area contributed by atoms with Gasteiger partial charge in [0.05, 0.1) is 11.5 Å². The lowest BCUT2D eigenvalue weighted by Gasteiger charge is -2.44. The fourth-order valence-corrected chi connectivity index (χ4v) is 5.76. The summed E-state index contributed by atoms with van der Waals surface area (Å²) in [6.45, 7) is 13.4. The Kier molecular flexibility index (Phi) is 7.17. The fourth-order valence-electron chi connectivity index (χ4n) is 4.18. The zero-order valence-corrected chi connectivity index (χ0v) is 23.0. The molecule has 0 saturated heterocycles. The van der Waals surface area contributed by atoms with Gasteiger partial charge in [0.15, 0.2) is 8.32 Å². The van der Waals surface area contributed by atoms with Gasteiger partial charge in [-0.1, -0.05) is 45.9 Å². The van der Waals surface area contributed by atoms with E-state index in [1.54, 1.807) is 12.1 Å². The van der Waals surface area contributed by atoms with Crippen molar-refractivity contribution in [1.82, 2.24) is 15.0 Å². The first kappa shape index (κ1) is 25.5. The average Bonchev–Trinajstić information content (AvgIpc) is 3.25. The van der Waals surface area contributed by atoms with Crippen molar-refractivity contribution in [3.63, 3.8) is 0 Å². The topological polar surface area (TPSA) is 92.3 Å². The predicted molar refractivity (Wildman–Crippen MR) is 145 cm³/mol. The van der Waals surface area contributed by atoms with Crippen molar-refractivity contribution >= 4 is 48.4 Å². The predicted octanol–water partition coefficient (Wildman–Crippen LogP) is 6.49. The molecule has 2 heterocycles. The second kappa shape index (κ2) is 9.83. The fraction of sp³-hybridized carbons (Fsp3) is 0.462. The Labute approximate surface area is 212 Å². The van der Waals surface area contributed by atoms with E-state index in [-0.39, 0.29) is 34.3 Å². The van der Waals surface area contributed by atoms with Gasteiger partial charge in [0, 0.05) is 35.9 Å². The number of aliphatic imine (C=N–C) groups is 1. The van der Waals surface area contributed by atoms with E-state index in [1.807, 2.05) is 30.5 Å². The molecule has 1 aliphatic carbocycles. The van der Waals surface area contributed by atoms with Crippen molar-refractivity contribution < 1.29 is 9.22 Å². The molecule has 3 atom stereocenters. The van der Waals surface area contributed by atoms with E-state index in [0.29, 0.717) is 23.4 Å². The van der Waals surface area contributed by atoms with E-state index in [4.69, 9.17) is 16.0 Å². The van der Waals surface area contributed by atoms with Crippen LogP contribution in [-0.2, 0) is 4.43 Å². The zero-order valence-electron chi connectivity index (χ0n) is 21.2. The molecule has 1 fully saturated rings. The van der Waals surface area contributed by atoms with Gasteiger partial charge in [0.25, 0.3) is 5.91 Å². The highest BCUT2D eigenvalue weighted by molar-refractivity contribution is 6.74. The molecule has 186 valence electrons. The SMILES string of the molecule is C[C@@H]1C(=NC(=O)c2ccccc2)C[C@H](Nc2nc(Cl)nc3[nH]ccc23)CC1O[Si](C)(C)C(C)(C)C. The lowest BCUT2D eigenvalue weighted by molar-refractivity contribution is 0.0996. The Bertz CT molecular complexity index is 1240. The summed E-state index contributed by atoms with van der Waals surface area (Å²) >= 11 is 6.18. The van der Waals surface area contributed by atoms with Crippen LogP contribution in [0.1, 0.15) is 50.9 Å². The molecule has 1 unspecified atom stereocenters. The number of fused-ring (bicyclic) bond motifs is 1. The number of rotatable bonds is 5. The van der Waals surface area contributed by atoms with Crippen LogP contribution in [0.15, 0.2) is 47.6 Å². The van der Waals surface area contributed by atoms with Gasteiger partial charge < -0.3 is 14.7 Å². The molecule has 1 aromatic carbocycles. The molecule has 1 aliphatic rings. The van der Waals surface area contributed by atoms with Gasteiger partial charge in [0.2, 0.25) is 5.28 Å². The molecule has 2 N–H and O–H groups in total. The summed E-state index contributed by atoms with van der Waals surface area (Å²) in [7, 11) is -2.05. The molecule has 1 saturated carbocycles. The van der Waals surface area contributed by atoms with E-state index in [0.717, 1.165) is 17.5 Å². The number of anilines is 1. The highest BCUT2D eigenvalue weighted by atomic mass is 35.5. The second-order valence-electron chi connectivity index (χ2n) is 10.8. The smallest absolute Gasteiger partial charge is 0.276 e. The van der Waals surface area contributed by atoms with Gasteiger partial charge in [-0.3, -0.25) is 4.79 Å². The van der Waals surface area contributed by atoms with Gasteiger partial charge in [-0.25, -0.2) is 9.98 Å². The zero-order chi connectivity index (χ0) is 25.4. The Morgan fingerprint density at radius 3 is 2.60 bits per heavy atom. The van der Waals surface area contributed by atoms with E-state index in [1.165, 1.54) is 0 Å². The summed E-state index contributed by atoms with van der Waals surface area (Å²) in [5.74, 6) is 0.467. The average molecular weight is 512 g/mol. The summed E-state index contributed by atoms with van der Waals surface area (Å²) in [6.07, 6.45) is 3.15. The van der Waals surface area contributed by atoms with Crippen LogP contribution >= 0.6 is 11.6 Å². The first-order chi connectivity index (χ1) is 16.4. The molecule has 2 aromatic heterocycles. The summed E-state index contributed by atoms with van der Waals surface area (Å²) in [5, 5.41) is 4.67. The standard InChI is InChI=1S/C26H34ClN5O2Si/c1-16-20(30-24(33)17-10-8-7-9-11-17)14-18(15-21(16)34-35(5,6)26(2,3)4)29-23-19-12-13-28-22(19)31-25(27)32-23/h7-13,16,18,21H,14-15H2,1-6H3,(H2,28,29,31,32)/t16-,18+,21?/m1/s1. The number of benzene rings is 1. The van der Waals surface area contributed by atoms with Crippen LogP contribution in [0.2, 0.25) is 23.4 Å². The van der Waals surface area contributed by atoms with Crippen molar-refractivity contribution in [2.24, 2.45) is 10.9 Å². The largest absolute Gasteiger partial charge is 0.413 e. The van der Waals surface area contributed by atoms with Crippen LogP contribution in [0.25, 0.3) is 11.0 Å². The first-order valence-corrected chi connectivity index (χ1v) is 15.3. The number of carbonyl (C=O) groups excluding carboxylic acids is 1. The van der Waals surface area contributed by atoms with Crippen molar-refractivity contribution in [3.8, 4) is 0 Å². The molecule has 9 heteroatoms. The minimum absolute atomic E-state index is 0.0210. The minimum atomic E-state index is -2.05. The molecule has 7 nitrogen and oxygen atoms in total. The molecule has 0 aliphatic heterocycles. The van der Waals surface area contributed by atoms with Crippen LogP contribution in [0.5, 0.6) is 0 Å². The highest BCUT2D eigenvalue weighted by Gasteiger charge is 2.43. The molecule has 4 rings (SSSR count). The summed E-state index contributed by atoms with van der Waals surface area (Å²) < 4.78 is 6.88. The van der Waals surface area contributed by atoms with Crippen molar-refractivity contribution in [2.45, 2.75) is 70.8 Å². The van der Waals surface area contributed by atoms with Crippen molar-refractivity contribution in [2.75, 3.05) is 5.32 Å². The first-order valence-electron chi connectivity index (χ1n) is 12.1. The van der Waals surface area contributed by atoms with Crippen LogP contribution in [0.3, 0.4) is 0 Å². The number of amides is 1. The normalized spacial score (nSPS) is 22.5. The van der Waals surface area contributed by atoms with Gasteiger partial charge in [-0.2, -0.15) is 4.98 Å². The highest BCUT2D eigenvalue weighted by Crippen LogP contribution is 2.40. The van der Waals surface area contributed by atoms with E-state index in [9.17, 15) is 4.79 Å². The molecule has 3 aromatic rings. The van der Waals surface area contributed by atoms with Crippen molar-refractivity contribution in [1.29, 1.82) is 0 Å². The van der Waals surface area contributed by atoms with Gasteiger partial charge in [0.1, 0.15) is 11.5 Å². The number of hydrogen-bond acceptors (Lipinski definition) is 5. The number of hydrogen-bond donors (Lipinski definition) is 2. The lowest BCUT2D eigenvalue weighted by atomic mass is 9.82. The molecule has 0 spiro atoms. The number of nitrogens with zero attached hydrogens (tertiary/aromatic N) is 3. The van der Waals surface area contributed by atoms with Gasteiger partial charge in [-0.15, -0.1) is 0 Å². The molecule has 35 heavy (non-hydrogen) atoms. The lowest BCUT2D eigenvalue weighted by Crippen LogP contribution is -2.50. The number of nitrogens with one attached hydrogen (secondary N) is 2. The van der Waals surface area contributed by atoms with Gasteiger partial charge >= 0.3 is 0 Å². The Morgan fingerprint density at radius 1 is 1.20 bits per heavy atom. The number of H-pyrrole nitrogens is 1. The third kappa shape index (κ3) is 5.65. The minimum Gasteiger partial charge on any atom is -0.413 e. The third-order valence-corrected chi connectivity index (χ3v) is 12.0.